The highest BCUT2D eigenvalue weighted by atomic mass is 31.2. The number of alkyl halides is 1. The first-order valence-electron chi connectivity index (χ1n) is 9.07. The van der Waals surface area contributed by atoms with Crippen LogP contribution in [0.1, 0.15) is 48.0 Å². The number of imide groups is 1. The van der Waals surface area contributed by atoms with Gasteiger partial charge in [-0.15, -0.1) is 0 Å². The van der Waals surface area contributed by atoms with Gasteiger partial charge in [0, 0.05) is 6.42 Å². The van der Waals surface area contributed by atoms with E-state index in [2.05, 4.69) is 0 Å². The summed E-state index contributed by atoms with van der Waals surface area (Å²) in [6.07, 6.45) is -2.13. The second-order valence-electron chi connectivity index (χ2n) is 9.44. The summed E-state index contributed by atoms with van der Waals surface area (Å²) in [4.78, 5) is 38.6. The third-order valence-corrected chi connectivity index (χ3v) is 4.70. The van der Waals surface area contributed by atoms with Crippen molar-refractivity contribution in [3.63, 3.8) is 0 Å². The minimum absolute atomic E-state index is 0.329. The van der Waals surface area contributed by atoms with E-state index >= 15 is 4.39 Å². The Bertz CT molecular complexity index is 733. The number of rotatable bonds is 4. The number of carbonyl (C=O) groups excluding carboxylic acids is 3. The molecule has 0 bridgehead atoms. The van der Waals surface area contributed by atoms with E-state index < -0.39 is 54.1 Å². The first kappa shape index (κ1) is 25.1. The molecule has 0 radical (unpaired) electrons. The van der Waals surface area contributed by atoms with Crippen molar-refractivity contribution in [1.82, 2.24) is 4.90 Å². The second kappa shape index (κ2) is 7.74. The van der Waals surface area contributed by atoms with Gasteiger partial charge in [-0.3, -0.25) is 0 Å². The number of methoxy groups -OCH3 is 1. The van der Waals surface area contributed by atoms with Crippen molar-refractivity contribution in [3.05, 3.63) is 11.9 Å². The fraction of sp³-hybridized carbons (Fsp3) is 0.737. The minimum atomic E-state index is -2.79. The Morgan fingerprint density at radius 3 is 1.72 bits per heavy atom. The highest BCUT2D eigenvalue weighted by Crippen LogP contribution is 2.59. The fourth-order valence-electron chi connectivity index (χ4n) is 2.59. The highest BCUT2D eigenvalue weighted by molar-refractivity contribution is 7.65. The number of carbonyl (C=O) groups is 3. The van der Waals surface area contributed by atoms with Gasteiger partial charge in [0.2, 0.25) is 0 Å². The number of amides is 2. The lowest BCUT2D eigenvalue weighted by Gasteiger charge is -2.33. The average Bonchev–Trinajstić information content (AvgIpc) is 3.07. The van der Waals surface area contributed by atoms with Gasteiger partial charge in [0.1, 0.15) is 18.3 Å². The van der Waals surface area contributed by atoms with Crippen LogP contribution in [0.15, 0.2) is 11.9 Å². The Morgan fingerprint density at radius 1 is 1.00 bits per heavy atom. The number of hydrogen-bond donors (Lipinski definition) is 0. The molecule has 2 amide bonds. The molecule has 0 aromatic rings. The summed E-state index contributed by atoms with van der Waals surface area (Å²) in [6.45, 7) is 12.2. The molecule has 0 heterocycles. The summed E-state index contributed by atoms with van der Waals surface area (Å²) >= 11 is 0. The Morgan fingerprint density at radius 2 is 1.41 bits per heavy atom. The van der Waals surface area contributed by atoms with E-state index in [-0.39, 0.29) is 0 Å². The van der Waals surface area contributed by atoms with Crippen LogP contribution in [-0.2, 0) is 23.6 Å². The zero-order valence-electron chi connectivity index (χ0n) is 18.5. The van der Waals surface area contributed by atoms with Crippen molar-refractivity contribution in [2.75, 3.05) is 20.4 Å². The molecule has 0 aliphatic heterocycles. The highest BCUT2D eigenvalue weighted by Gasteiger charge is 2.80. The van der Waals surface area contributed by atoms with Gasteiger partial charge in [0.05, 0.1) is 7.11 Å². The van der Waals surface area contributed by atoms with Crippen molar-refractivity contribution in [1.29, 1.82) is 0 Å². The van der Waals surface area contributed by atoms with Crippen molar-refractivity contribution < 1.29 is 37.5 Å². The third kappa shape index (κ3) is 6.04. The number of nitrogens with zero attached hydrogens (tertiary/aromatic N) is 1. The number of hydrogen-bond acceptors (Lipinski definition) is 7. The maximum Gasteiger partial charge on any atom is 0.421 e. The van der Waals surface area contributed by atoms with Crippen LogP contribution in [0.25, 0.3) is 0 Å². The molecule has 1 aliphatic rings. The second-order valence-corrected chi connectivity index (χ2v) is 12.6. The van der Waals surface area contributed by atoms with Crippen LogP contribution < -0.4 is 0 Å². The van der Waals surface area contributed by atoms with E-state index in [1.165, 1.54) is 13.3 Å². The van der Waals surface area contributed by atoms with Crippen LogP contribution in [0.3, 0.4) is 0 Å². The van der Waals surface area contributed by atoms with Gasteiger partial charge < -0.3 is 18.8 Å². The van der Waals surface area contributed by atoms with Gasteiger partial charge >= 0.3 is 18.2 Å². The van der Waals surface area contributed by atoms with E-state index in [9.17, 15) is 18.9 Å². The van der Waals surface area contributed by atoms with Crippen molar-refractivity contribution in [2.45, 2.75) is 70.4 Å². The predicted molar refractivity (Wildman–Crippen MR) is 106 cm³/mol. The van der Waals surface area contributed by atoms with Gasteiger partial charge in [-0.1, -0.05) is 0 Å². The third-order valence-electron chi connectivity index (χ3n) is 3.83. The summed E-state index contributed by atoms with van der Waals surface area (Å²) in [7, 11) is -1.77. The van der Waals surface area contributed by atoms with Crippen LogP contribution >= 0.6 is 7.14 Å². The Balaban J connectivity index is 3.53. The largest absolute Gasteiger partial charge is 0.467 e. The van der Waals surface area contributed by atoms with E-state index in [0.717, 1.165) is 19.0 Å². The van der Waals surface area contributed by atoms with Gasteiger partial charge in [-0.05, 0) is 66.8 Å². The molecular weight excluding hydrogens is 404 g/mol. The summed E-state index contributed by atoms with van der Waals surface area (Å²) in [5.74, 6) is -0.0107. The molecule has 29 heavy (non-hydrogen) atoms. The molecular formula is C19H31FNO7P. The van der Waals surface area contributed by atoms with Crippen LogP contribution in [0.5, 0.6) is 0 Å². The van der Waals surface area contributed by atoms with E-state index in [1.807, 2.05) is 0 Å². The topological polar surface area (TPSA) is 99.2 Å². The van der Waals surface area contributed by atoms with Crippen molar-refractivity contribution in [2.24, 2.45) is 0 Å². The molecule has 1 rings (SSSR count). The molecule has 0 N–H and O–H groups in total. The Labute approximate surface area is 171 Å². The maximum absolute atomic E-state index is 15.7. The van der Waals surface area contributed by atoms with Crippen LogP contribution in [0, 0.1) is 0 Å². The summed E-state index contributed by atoms with van der Waals surface area (Å²) in [5, 5.41) is 0. The first-order chi connectivity index (χ1) is 12.8. The number of esters is 1. The molecule has 0 unspecified atom stereocenters. The van der Waals surface area contributed by atoms with Gasteiger partial charge in [-0.2, -0.15) is 4.90 Å². The smallest absolute Gasteiger partial charge is 0.421 e. The first-order valence-corrected chi connectivity index (χ1v) is 11.7. The molecule has 10 heteroatoms. The van der Waals surface area contributed by atoms with Gasteiger partial charge in [0.15, 0.2) is 11.2 Å². The number of ether oxygens (including phenoxy) is 3. The van der Waals surface area contributed by atoms with Crippen LogP contribution in [-0.4, -0.2) is 65.9 Å². The molecule has 0 saturated heterocycles. The average molecular weight is 435 g/mol. The minimum Gasteiger partial charge on any atom is -0.467 e. The lowest BCUT2D eigenvalue weighted by atomic mass is 10.1. The summed E-state index contributed by atoms with van der Waals surface area (Å²) in [6, 6.07) is 0. The molecule has 0 spiro atoms. The van der Waals surface area contributed by atoms with Crippen molar-refractivity contribution in [3.8, 4) is 0 Å². The standard InChI is InChI=1S/C19H31FNO7P/c1-16(2,3)27-14(23)21(15(24)28-17(4,5)6)19(13(22)26-7)12-18(19,20)10-11-29(8,9)25/h10-11H,12H2,1-9H3/b11-10+/t18-,19+/m0/s1. The normalized spacial score (nSPS) is 24.8. The molecule has 1 saturated carbocycles. The lowest BCUT2D eigenvalue weighted by molar-refractivity contribution is -0.150. The number of halogens is 1. The quantitative estimate of drug-likeness (QED) is 0.368. The summed E-state index contributed by atoms with van der Waals surface area (Å²) < 4.78 is 42.8. The van der Waals surface area contributed by atoms with E-state index in [0.29, 0.717) is 4.90 Å². The van der Waals surface area contributed by atoms with Crippen LogP contribution in [0.2, 0.25) is 0 Å². The molecule has 0 aromatic carbocycles. The van der Waals surface area contributed by atoms with E-state index in [1.54, 1.807) is 41.5 Å². The monoisotopic (exact) mass is 435 g/mol. The molecule has 166 valence electrons. The van der Waals surface area contributed by atoms with Gasteiger partial charge in [0.25, 0.3) is 0 Å². The zero-order chi connectivity index (χ0) is 23.1. The van der Waals surface area contributed by atoms with Crippen LogP contribution in [0.4, 0.5) is 14.0 Å². The molecule has 2 atom stereocenters. The Kier molecular flexibility index (Phi) is 6.71. The van der Waals surface area contributed by atoms with Gasteiger partial charge in [-0.25, -0.2) is 18.8 Å². The molecule has 8 nitrogen and oxygen atoms in total. The SMILES string of the molecule is COC(=O)[C@]1(N(C(=O)OC(C)(C)C)C(=O)OC(C)(C)C)C[C@@]1(F)/C=C/P(C)(C)=O. The summed E-state index contributed by atoms with van der Waals surface area (Å²) in [5.41, 5.74) is -6.85. The predicted octanol–water partition coefficient (Wildman–Crippen LogP) is 4.32. The molecule has 1 fully saturated rings. The van der Waals surface area contributed by atoms with E-state index in [4.69, 9.17) is 14.2 Å². The molecule has 1 aliphatic carbocycles. The fourth-order valence-corrected chi connectivity index (χ4v) is 3.19. The Hall–Kier alpha value is -1.89. The zero-order valence-corrected chi connectivity index (χ0v) is 19.4. The maximum atomic E-state index is 15.7. The molecule has 0 aromatic heterocycles. The lowest BCUT2D eigenvalue weighted by Crippen LogP contribution is -2.57. The van der Waals surface area contributed by atoms with Crippen molar-refractivity contribution >= 4 is 25.3 Å².